The maximum Gasteiger partial charge on any atom is 0.271 e. The molecule has 1 aliphatic carbocycles. The molecule has 1 atom stereocenters. The number of Topliss-reactive ketones (excluding diaryl/α,β-unsaturated/α-hetero) is 1. The number of carbonyl (C=O) groups excluding carboxylic acids is 1. The number of ketones is 1. The third-order valence-electron chi connectivity index (χ3n) is 8.04. The number of anilines is 1. The van der Waals surface area contributed by atoms with Crippen molar-refractivity contribution < 1.29 is 33.8 Å². The molecule has 0 saturated heterocycles. The molecule has 2 N–H and O–H groups in total. The van der Waals surface area contributed by atoms with E-state index in [9.17, 15) is 25.4 Å². The van der Waals surface area contributed by atoms with E-state index in [0.717, 1.165) is 0 Å². The molecule has 228 valence electrons. The molecule has 11 nitrogen and oxygen atoms in total. The van der Waals surface area contributed by atoms with E-state index in [4.69, 9.17) is 18.9 Å². The summed E-state index contributed by atoms with van der Waals surface area (Å²) in [6.07, 6.45) is 1.26. The fraction of sp³-hybridized carbons (Fsp3) is 0.273. The van der Waals surface area contributed by atoms with Gasteiger partial charge in [-0.2, -0.15) is 0 Å². The van der Waals surface area contributed by atoms with Crippen LogP contribution in [0.1, 0.15) is 41.9 Å². The molecule has 0 spiro atoms. The number of aliphatic hydroxyl groups is 1. The Hall–Kier alpha value is -5.32. The number of hydrogen-bond donors (Lipinski definition) is 2. The lowest BCUT2D eigenvalue weighted by molar-refractivity contribution is -0.384. The fourth-order valence-corrected chi connectivity index (χ4v) is 5.92. The molecule has 0 radical (unpaired) electrons. The van der Waals surface area contributed by atoms with Gasteiger partial charge in [0.05, 0.1) is 39.0 Å². The van der Waals surface area contributed by atoms with Crippen LogP contribution in [0, 0.1) is 22.4 Å². The molecule has 2 aliphatic rings. The lowest BCUT2D eigenvalue weighted by Crippen LogP contribution is -2.42. The molecule has 0 aromatic heterocycles. The second-order valence-corrected chi connectivity index (χ2v) is 10.4. The average molecular weight is 600 g/mol. The number of aryl methyl sites for hydroxylation is 1. The van der Waals surface area contributed by atoms with Crippen molar-refractivity contribution in [1.82, 2.24) is 0 Å². The van der Waals surface area contributed by atoms with Gasteiger partial charge in [-0.15, -0.1) is 0 Å². The van der Waals surface area contributed by atoms with Crippen molar-refractivity contribution in [3.05, 3.63) is 98.2 Å². The summed E-state index contributed by atoms with van der Waals surface area (Å²) in [6, 6.07) is 14.5. The van der Waals surface area contributed by atoms with Gasteiger partial charge < -0.3 is 24.1 Å². The van der Waals surface area contributed by atoms with Crippen LogP contribution in [0.5, 0.6) is 23.0 Å². The number of aliphatic hydroxyl groups excluding tert-OH is 1. The Morgan fingerprint density at radius 1 is 0.955 bits per heavy atom. The van der Waals surface area contributed by atoms with Gasteiger partial charge in [0.2, 0.25) is 5.75 Å². The highest BCUT2D eigenvalue weighted by molar-refractivity contribution is 6.20. The largest absolute Gasteiger partial charge is 0.507 e. The third kappa shape index (κ3) is 5.10. The Labute approximate surface area is 254 Å². The number of allylic oxidation sites excluding steroid dienone is 2. The zero-order valence-electron chi connectivity index (χ0n) is 25.1. The normalized spacial score (nSPS) is 17.7. The molecule has 3 aromatic rings. The first kappa shape index (κ1) is 30.1. The number of benzene rings is 3. The Balaban J connectivity index is 1.88. The third-order valence-corrected chi connectivity index (χ3v) is 8.04. The number of methoxy groups -OCH3 is 4. The van der Waals surface area contributed by atoms with E-state index in [-0.39, 0.29) is 35.1 Å². The SMILES string of the molecule is COc1ccc(C(O)=C2C(=N)N(c3cc([N+](=O)[O-])ccc3C)C3=C(C(=O)CCC3)C2c2cc(OC)c(OC)c(OC)c2)cc1. The van der Waals surface area contributed by atoms with Crippen molar-refractivity contribution in [2.75, 3.05) is 33.3 Å². The molecule has 5 rings (SSSR count). The maximum absolute atomic E-state index is 13.9. The molecule has 11 heteroatoms. The van der Waals surface area contributed by atoms with Crippen LogP contribution < -0.4 is 23.8 Å². The van der Waals surface area contributed by atoms with Gasteiger partial charge >= 0.3 is 0 Å². The summed E-state index contributed by atoms with van der Waals surface area (Å²) in [6.45, 7) is 1.79. The summed E-state index contributed by atoms with van der Waals surface area (Å²) in [4.78, 5) is 26.7. The molecule has 1 aliphatic heterocycles. The van der Waals surface area contributed by atoms with Crippen LogP contribution in [0.2, 0.25) is 0 Å². The number of nitro groups is 1. The minimum Gasteiger partial charge on any atom is -0.507 e. The van der Waals surface area contributed by atoms with E-state index in [1.165, 1.54) is 40.6 Å². The van der Waals surface area contributed by atoms with Gasteiger partial charge in [0.1, 0.15) is 17.3 Å². The molecular formula is C33H33N3O8. The maximum atomic E-state index is 13.9. The molecule has 0 fully saturated rings. The molecule has 44 heavy (non-hydrogen) atoms. The standard InChI is InChI=1S/C33H33N3O8/c1-18-9-12-21(36(39)40)17-24(18)35-23-7-6-8-25(37)29(23)28(20-15-26(42-3)32(44-5)27(16-20)43-4)30(33(35)34)31(38)19-10-13-22(41-2)14-11-19/h9-17,28,34,38H,6-8H2,1-5H3. The molecular weight excluding hydrogens is 566 g/mol. The number of hydrogen-bond acceptors (Lipinski definition) is 9. The first-order valence-electron chi connectivity index (χ1n) is 13.9. The van der Waals surface area contributed by atoms with Crippen molar-refractivity contribution in [3.63, 3.8) is 0 Å². The van der Waals surface area contributed by atoms with E-state index in [1.54, 1.807) is 54.3 Å². The summed E-state index contributed by atoms with van der Waals surface area (Å²) in [7, 11) is 5.99. The zero-order chi connectivity index (χ0) is 31.7. The lowest BCUT2D eigenvalue weighted by Gasteiger charge is -2.42. The number of rotatable bonds is 8. The number of ether oxygens (including phenoxy) is 4. The summed E-state index contributed by atoms with van der Waals surface area (Å²) in [5, 5.41) is 33.3. The van der Waals surface area contributed by atoms with Crippen LogP contribution in [-0.2, 0) is 4.79 Å². The average Bonchev–Trinajstić information content (AvgIpc) is 3.03. The molecule has 0 saturated carbocycles. The van der Waals surface area contributed by atoms with Crippen molar-refractivity contribution in [1.29, 1.82) is 5.41 Å². The fourth-order valence-electron chi connectivity index (χ4n) is 5.92. The van der Waals surface area contributed by atoms with Crippen LogP contribution in [0.4, 0.5) is 11.4 Å². The summed E-state index contributed by atoms with van der Waals surface area (Å²) < 4.78 is 22.1. The number of nitrogens with one attached hydrogen (secondary N) is 1. The summed E-state index contributed by atoms with van der Waals surface area (Å²) >= 11 is 0. The predicted octanol–water partition coefficient (Wildman–Crippen LogP) is 6.50. The van der Waals surface area contributed by atoms with Crippen LogP contribution in [0.15, 0.2) is 71.4 Å². The Bertz CT molecular complexity index is 1700. The van der Waals surface area contributed by atoms with Gasteiger partial charge in [0.25, 0.3) is 5.69 Å². The highest BCUT2D eigenvalue weighted by atomic mass is 16.6. The number of nitrogens with zero attached hydrogens (tertiary/aromatic N) is 2. The van der Waals surface area contributed by atoms with Gasteiger partial charge in [-0.3, -0.25) is 25.2 Å². The van der Waals surface area contributed by atoms with Crippen LogP contribution in [0.3, 0.4) is 0 Å². The highest BCUT2D eigenvalue weighted by Crippen LogP contribution is 2.51. The van der Waals surface area contributed by atoms with Gasteiger partial charge in [-0.25, -0.2) is 0 Å². The van der Waals surface area contributed by atoms with Crippen molar-refractivity contribution >= 4 is 28.8 Å². The summed E-state index contributed by atoms with van der Waals surface area (Å²) in [5.41, 5.74) is 2.92. The first-order chi connectivity index (χ1) is 21.1. The van der Waals surface area contributed by atoms with Gasteiger partial charge in [0.15, 0.2) is 17.3 Å². The van der Waals surface area contributed by atoms with E-state index >= 15 is 0 Å². The van der Waals surface area contributed by atoms with Gasteiger partial charge in [-0.1, -0.05) is 6.07 Å². The Morgan fingerprint density at radius 3 is 2.18 bits per heavy atom. The molecule has 0 amide bonds. The minimum absolute atomic E-state index is 0.117. The molecule has 1 heterocycles. The number of carbonyl (C=O) groups is 1. The summed E-state index contributed by atoms with van der Waals surface area (Å²) in [5.74, 6) is 0.240. The monoisotopic (exact) mass is 599 g/mol. The second kappa shape index (κ2) is 12.1. The highest BCUT2D eigenvalue weighted by Gasteiger charge is 2.44. The smallest absolute Gasteiger partial charge is 0.271 e. The Kier molecular flexibility index (Phi) is 8.30. The molecule has 1 unspecified atom stereocenters. The van der Waals surface area contributed by atoms with Crippen LogP contribution in [0.25, 0.3) is 5.76 Å². The van der Waals surface area contributed by atoms with Gasteiger partial charge in [0, 0.05) is 46.9 Å². The molecule has 3 aromatic carbocycles. The van der Waals surface area contributed by atoms with Gasteiger partial charge in [-0.05, 0) is 67.3 Å². The topological polar surface area (TPSA) is 144 Å². The van der Waals surface area contributed by atoms with Crippen molar-refractivity contribution in [3.8, 4) is 23.0 Å². The van der Waals surface area contributed by atoms with E-state index in [1.807, 2.05) is 0 Å². The Morgan fingerprint density at radius 2 is 1.61 bits per heavy atom. The quantitative estimate of drug-likeness (QED) is 0.168. The molecule has 0 bridgehead atoms. The van der Waals surface area contributed by atoms with E-state index in [2.05, 4.69) is 0 Å². The minimum atomic E-state index is -0.892. The lowest BCUT2D eigenvalue weighted by atomic mass is 9.73. The number of non-ortho nitro benzene ring substituents is 1. The first-order valence-corrected chi connectivity index (χ1v) is 13.9. The second-order valence-electron chi connectivity index (χ2n) is 10.4. The predicted molar refractivity (Wildman–Crippen MR) is 165 cm³/mol. The van der Waals surface area contributed by atoms with Crippen LogP contribution >= 0.6 is 0 Å². The van der Waals surface area contributed by atoms with Crippen molar-refractivity contribution in [2.45, 2.75) is 32.1 Å². The number of amidine groups is 1. The number of nitro benzene ring substituents is 1. The zero-order valence-corrected chi connectivity index (χ0v) is 25.1. The van der Waals surface area contributed by atoms with Crippen molar-refractivity contribution in [2.24, 2.45) is 0 Å². The van der Waals surface area contributed by atoms with E-state index < -0.39 is 10.8 Å². The van der Waals surface area contributed by atoms with E-state index in [0.29, 0.717) is 69.5 Å². The van der Waals surface area contributed by atoms with Crippen LogP contribution in [-0.4, -0.2) is 50.1 Å².